The molecule has 4 heteroatoms. The van der Waals surface area contributed by atoms with Crippen molar-refractivity contribution in [3.05, 3.63) is 34.3 Å². The highest BCUT2D eigenvalue weighted by atomic mass is 79.9. The average molecular weight is 311 g/mol. The zero-order valence-corrected chi connectivity index (χ0v) is 12.4. The molecule has 98 valence electrons. The third-order valence-corrected chi connectivity index (χ3v) is 4.23. The number of hydrogen-bond acceptors (Lipinski definition) is 2. The van der Waals surface area contributed by atoms with Crippen LogP contribution in [-0.4, -0.2) is 18.0 Å². The van der Waals surface area contributed by atoms with Gasteiger partial charge in [-0.15, -0.1) is 0 Å². The van der Waals surface area contributed by atoms with Crippen molar-refractivity contribution < 1.29 is 4.79 Å². The summed E-state index contributed by atoms with van der Waals surface area (Å²) < 4.78 is 1.07. The summed E-state index contributed by atoms with van der Waals surface area (Å²) in [6, 6.07) is 8.09. The van der Waals surface area contributed by atoms with Crippen LogP contribution in [0.15, 0.2) is 28.7 Å². The van der Waals surface area contributed by atoms with Gasteiger partial charge in [-0.1, -0.05) is 48.0 Å². The minimum atomic E-state index is -0.593. The minimum Gasteiger partial charge on any atom is -0.354 e. The van der Waals surface area contributed by atoms with Crippen molar-refractivity contribution in [3.8, 4) is 0 Å². The van der Waals surface area contributed by atoms with Crippen LogP contribution < -0.4 is 11.1 Å². The molecule has 18 heavy (non-hydrogen) atoms. The SMILES string of the molecule is CC(C)(CNC(=O)C1(N)CC1)c1ccccc1Br. The number of nitrogens with one attached hydrogen (secondary N) is 1. The Morgan fingerprint density at radius 2 is 2.06 bits per heavy atom. The summed E-state index contributed by atoms with van der Waals surface area (Å²) in [6.07, 6.45) is 1.60. The normalized spacial score (nSPS) is 17.3. The van der Waals surface area contributed by atoms with Gasteiger partial charge in [-0.3, -0.25) is 4.79 Å². The number of carbonyl (C=O) groups is 1. The molecule has 1 aromatic rings. The van der Waals surface area contributed by atoms with Crippen LogP contribution in [0.2, 0.25) is 0 Å². The smallest absolute Gasteiger partial charge is 0.240 e. The molecular weight excluding hydrogens is 292 g/mol. The van der Waals surface area contributed by atoms with Crippen molar-refractivity contribution in [2.45, 2.75) is 37.6 Å². The Morgan fingerprint density at radius 1 is 1.44 bits per heavy atom. The molecule has 3 nitrogen and oxygen atoms in total. The molecule has 1 amide bonds. The van der Waals surface area contributed by atoms with E-state index in [-0.39, 0.29) is 11.3 Å². The van der Waals surface area contributed by atoms with Crippen molar-refractivity contribution in [3.63, 3.8) is 0 Å². The molecule has 0 atom stereocenters. The first-order chi connectivity index (χ1) is 8.35. The number of amides is 1. The predicted molar refractivity (Wildman–Crippen MR) is 76.3 cm³/mol. The maximum atomic E-state index is 11.8. The van der Waals surface area contributed by atoms with Crippen LogP contribution in [0.1, 0.15) is 32.3 Å². The summed E-state index contributed by atoms with van der Waals surface area (Å²) >= 11 is 3.55. The summed E-state index contributed by atoms with van der Waals surface area (Å²) in [5, 5.41) is 2.97. The first-order valence-electron chi connectivity index (χ1n) is 6.17. The second-order valence-corrected chi connectivity index (χ2v) is 6.56. The van der Waals surface area contributed by atoms with E-state index in [0.29, 0.717) is 6.54 Å². The van der Waals surface area contributed by atoms with Gasteiger partial charge in [0, 0.05) is 16.4 Å². The largest absolute Gasteiger partial charge is 0.354 e. The number of rotatable bonds is 4. The lowest BCUT2D eigenvalue weighted by atomic mass is 9.84. The summed E-state index contributed by atoms with van der Waals surface area (Å²) in [4.78, 5) is 11.8. The zero-order valence-electron chi connectivity index (χ0n) is 10.8. The Balaban J connectivity index is 2.03. The van der Waals surface area contributed by atoms with Crippen molar-refractivity contribution >= 4 is 21.8 Å². The van der Waals surface area contributed by atoms with Crippen molar-refractivity contribution in [2.75, 3.05) is 6.54 Å². The fourth-order valence-corrected chi connectivity index (χ4v) is 2.77. The van der Waals surface area contributed by atoms with Gasteiger partial charge in [0.15, 0.2) is 0 Å². The lowest BCUT2D eigenvalue weighted by Gasteiger charge is -2.27. The summed E-state index contributed by atoms with van der Waals surface area (Å²) in [5.41, 5.74) is 6.34. The van der Waals surface area contributed by atoms with E-state index in [1.54, 1.807) is 0 Å². The molecule has 2 rings (SSSR count). The summed E-state index contributed by atoms with van der Waals surface area (Å²) in [5.74, 6) is -0.0253. The van der Waals surface area contributed by atoms with Gasteiger partial charge in [-0.2, -0.15) is 0 Å². The van der Waals surface area contributed by atoms with Crippen LogP contribution in [0, 0.1) is 0 Å². The fraction of sp³-hybridized carbons (Fsp3) is 0.500. The van der Waals surface area contributed by atoms with E-state index < -0.39 is 5.54 Å². The van der Waals surface area contributed by atoms with Crippen LogP contribution >= 0.6 is 15.9 Å². The first kappa shape index (κ1) is 13.6. The highest BCUT2D eigenvalue weighted by Gasteiger charge is 2.46. The molecule has 1 saturated carbocycles. The Labute approximate surface area is 116 Å². The van der Waals surface area contributed by atoms with E-state index in [9.17, 15) is 4.79 Å². The molecule has 0 spiro atoms. The molecule has 1 fully saturated rings. The van der Waals surface area contributed by atoms with E-state index in [0.717, 1.165) is 17.3 Å². The van der Waals surface area contributed by atoms with E-state index in [1.165, 1.54) is 5.56 Å². The summed E-state index contributed by atoms with van der Waals surface area (Å²) in [7, 11) is 0. The average Bonchev–Trinajstić information content (AvgIpc) is 3.06. The molecule has 3 N–H and O–H groups in total. The van der Waals surface area contributed by atoms with Crippen LogP contribution in [-0.2, 0) is 10.2 Å². The maximum absolute atomic E-state index is 11.8. The molecule has 0 bridgehead atoms. The fourth-order valence-electron chi connectivity index (χ4n) is 1.94. The molecule has 0 radical (unpaired) electrons. The molecule has 0 saturated heterocycles. The van der Waals surface area contributed by atoms with E-state index in [4.69, 9.17) is 5.73 Å². The van der Waals surface area contributed by atoms with Crippen LogP contribution in [0.3, 0.4) is 0 Å². The summed E-state index contributed by atoms with van der Waals surface area (Å²) in [6.45, 7) is 4.82. The maximum Gasteiger partial charge on any atom is 0.240 e. The third-order valence-electron chi connectivity index (χ3n) is 3.53. The number of halogens is 1. The van der Waals surface area contributed by atoms with Gasteiger partial charge >= 0.3 is 0 Å². The van der Waals surface area contributed by atoms with Gasteiger partial charge < -0.3 is 11.1 Å². The number of nitrogens with two attached hydrogens (primary N) is 1. The second kappa shape index (κ2) is 4.67. The molecule has 1 aliphatic rings. The van der Waals surface area contributed by atoms with E-state index in [2.05, 4.69) is 41.2 Å². The van der Waals surface area contributed by atoms with Gasteiger partial charge in [0.25, 0.3) is 0 Å². The van der Waals surface area contributed by atoms with Gasteiger partial charge in [0.2, 0.25) is 5.91 Å². The second-order valence-electron chi connectivity index (χ2n) is 5.70. The van der Waals surface area contributed by atoms with Crippen LogP contribution in [0.25, 0.3) is 0 Å². The molecular formula is C14H19BrN2O. The van der Waals surface area contributed by atoms with Crippen LogP contribution in [0.4, 0.5) is 0 Å². The lowest BCUT2D eigenvalue weighted by molar-refractivity contribution is -0.123. The van der Waals surface area contributed by atoms with Crippen molar-refractivity contribution in [1.82, 2.24) is 5.32 Å². The predicted octanol–water partition coefficient (Wildman–Crippen LogP) is 2.33. The third kappa shape index (κ3) is 2.75. The molecule has 0 aromatic heterocycles. The quantitative estimate of drug-likeness (QED) is 0.897. The van der Waals surface area contributed by atoms with Gasteiger partial charge in [-0.25, -0.2) is 0 Å². The Kier molecular flexibility index (Phi) is 3.52. The monoisotopic (exact) mass is 310 g/mol. The molecule has 0 aliphatic heterocycles. The lowest BCUT2D eigenvalue weighted by Crippen LogP contribution is -2.46. The van der Waals surface area contributed by atoms with Gasteiger partial charge in [0.05, 0.1) is 5.54 Å². The van der Waals surface area contributed by atoms with Crippen LogP contribution in [0.5, 0.6) is 0 Å². The molecule has 0 unspecified atom stereocenters. The minimum absolute atomic E-state index is 0.0253. The number of hydrogen-bond donors (Lipinski definition) is 2. The molecule has 1 aliphatic carbocycles. The van der Waals surface area contributed by atoms with Gasteiger partial charge in [-0.05, 0) is 24.5 Å². The van der Waals surface area contributed by atoms with Crippen molar-refractivity contribution in [2.24, 2.45) is 5.73 Å². The molecule has 0 heterocycles. The Hall–Kier alpha value is -0.870. The Bertz CT molecular complexity index is 467. The standard InChI is InChI=1S/C14H19BrN2O/c1-13(2,10-5-3-4-6-11(10)15)9-17-12(18)14(16)7-8-14/h3-6H,7-9,16H2,1-2H3,(H,17,18). The van der Waals surface area contributed by atoms with E-state index >= 15 is 0 Å². The van der Waals surface area contributed by atoms with E-state index in [1.807, 2.05) is 18.2 Å². The highest BCUT2D eigenvalue weighted by Crippen LogP contribution is 2.33. The first-order valence-corrected chi connectivity index (χ1v) is 6.97. The Morgan fingerprint density at radius 3 is 2.61 bits per heavy atom. The topological polar surface area (TPSA) is 55.1 Å². The van der Waals surface area contributed by atoms with Gasteiger partial charge in [0.1, 0.15) is 0 Å². The zero-order chi connectivity index (χ0) is 13.4. The number of benzene rings is 1. The highest BCUT2D eigenvalue weighted by molar-refractivity contribution is 9.10. The molecule has 1 aromatic carbocycles. The number of carbonyl (C=O) groups excluding carboxylic acids is 1. The van der Waals surface area contributed by atoms with Crippen molar-refractivity contribution in [1.29, 1.82) is 0 Å².